The number of benzene rings is 2. The lowest BCUT2D eigenvalue weighted by Gasteiger charge is -2.28. The molecule has 0 aliphatic carbocycles. The molecule has 0 spiro atoms. The molecule has 1 saturated heterocycles. The monoisotopic (exact) mass is 377 g/mol. The predicted octanol–water partition coefficient (Wildman–Crippen LogP) is 3.46. The number of nitrogens with one attached hydrogen (secondary N) is 2. The Kier molecular flexibility index (Phi) is 5.74. The molecule has 2 heterocycles. The average molecular weight is 377 g/mol. The summed E-state index contributed by atoms with van der Waals surface area (Å²) in [6.07, 6.45) is 2.48. The number of rotatable bonds is 7. The second kappa shape index (κ2) is 8.59. The third-order valence-electron chi connectivity index (χ3n) is 5.54. The Morgan fingerprint density at radius 2 is 1.93 bits per heavy atom. The molecular weight excluding hydrogens is 350 g/mol. The van der Waals surface area contributed by atoms with Crippen LogP contribution >= 0.6 is 0 Å². The van der Waals surface area contributed by atoms with E-state index in [2.05, 4.69) is 27.3 Å². The van der Waals surface area contributed by atoms with E-state index in [0.717, 1.165) is 41.9 Å². The van der Waals surface area contributed by atoms with Crippen LogP contribution in [0.1, 0.15) is 30.0 Å². The predicted molar refractivity (Wildman–Crippen MR) is 113 cm³/mol. The second-order valence-corrected chi connectivity index (χ2v) is 7.38. The molecule has 0 saturated carbocycles. The zero-order valence-corrected chi connectivity index (χ0v) is 16.3. The topological polar surface area (TPSA) is 57.4 Å². The van der Waals surface area contributed by atoms with Crippen LogP contribution in [0, 0.1) is 0 Å². The van der Waals surface area contributed by atoms with Crippen LogP contribution in [-0.4, -0.2) is 36.6 Å². The molecule has 4 rings (SSSR count). The Morgan fingerprint density at radius 3 is 2.75 bits per heavy atom. The summed E-state index contributed by atoms with van der Waals surface area (Å²) in [5.41, 5.74) is 2.87. The van der Waals surface area contributed by atoms with Gasteiger partial charge in [-0.25, -0.2) is 0 Å². The van der Waals surface area contributed by atoms with Crippen LogP contribution in [0.5, 0.6) is 5.75 Å². The molecule has 0 amide bonds. The molecule has 5 heteroatoms. The van der Waals surface area contributed by atoms with Crippen molar-refractivity contribution in [3.63, 3.8) is 0 Å². The van der Waals surface area contributed by atoms with Gasteiger partial charge >= 0.3 is 0 Å². The number of aromatic amines is 1. The van der Waals surface area contributed by atoms with Gasteiger partial charge in [-0.15, -0.1) is 0 Å². The summed E-state index contributed by atoms with van der Waals surface area (Å²) in [5.74, 6) is 0.882. The molecule has 1 aromatic heterocycles. The number of H-pyrrole nitrogens is 1. The third kappa shape index (κ3) is 4.11. The number of methoxy groups -OCH3 is 1. The fourth-order valence-corrected chi connectivity index (χ4v) is 4.03. The number of likely N-dealkylation sites (tertiary alicyclic amines) is 1. The third-order valence-corrected chi connectivity index (χ3v) is 5.54. The molecule has 1 aliphatic rings. The van der Waals surface area contributed by atoms with Crippen molar-refractivity contribution in [3.05, 3.63) is 76.1 Å². The van der Waals surface area contributed by atoms with Crippen molar-refractivity contribution in [3.8, 4) is 5.75 Å². The largest absolute Gasteiger partial charge is 0.497 e. The van der Waals surface area contributed by atoms with Crippen LogP contribution < -0.4 is 15.6 Å². The zero-order valence-electron chi connectivity index (χ0n) is 16.3. The molecule has 1 atom stereocenters. The fraction of sp³-hybridized carbons (Fsp3) is 0.348. The van der Waals surface area contributed by atoms with Crippen molar-refractivity contribution in [1.82, 2.24) is 15.2 Å². The lowest BCUT2D eigenvalue weighted by molar-refractivity contribution is 0.238. The van der Waals surface area contributed by atoms with Crippen molar-refractivity contribution in [2.24, 2.45) is 0 Å². The van der Waals surface area contributed by atoms with Crippen LogP contribution in [0.2, 0.25) is 0 Å². The van der Waals surface area contributed by atoms with E-state index in [-0.39, 0.29) is 11.6 Å². The van der Waals surface area contributed by atoms with Crippen LogP contribution in [0.4, 0.5) is 0 Å². The first kappa shape index (κ1) is 18.7. The van der Waals surface area contributed by atoms with E-state index >= 15 is 0 Å². The molecule has 2 aromatic carbocycles. The quantitative estimate of drug-likeness (QED) is 0.662. The number of fused-ring (bicyclic) bond motifs is 1. The van der Waals surface area contributed by atoms with E-state index in [1.165, 1.54) is 18.4 Å². The van der Waals surface area contributed by atoms with Gasteiger partial charge in [0, 0.05) is 30.2 Å². The molecule has 5 nitrogen and oxygen atoms in total. The lowest BCUT2D eigenvalue weighted by Crippen LogP contribution is -2.34. The summed E-state index contributed by atoms with van der Waals surface area (Å²) in [7, 11) is 1.70. The standard InChI is InChI=1S/C23H27N3O2/c1-28-20-9-6-8-18(14-20)22(26-11-4-5-12-26)16-24-15-19-13-17-7-2-3-10-21(17)25-23(19)27/h2-3,6-10,13-14,22,24H,4-5,11-12,15-16H2,1H3,(H,25,27). The molecule has 1 unspecified atom stereocenters. The van der Waals surface area contributed by atoms with E-state index in [4.69, 9.17) is 4.74 Å². The highest BCUT2D eigenvalue weighted by Crippen LogP contribution is 2.27. The maximum absolute atomic E-state index is 12.4. The van der Waals surface area contributed by atoms with Crippen molar-refractivity contribution < 1.29 is 4.74 Å². The minimum absolute atomic E-state index is 0.0229. The Morgan fingerprint density at radius 1 is 1.11 bits per heavy atom. The summed E-state index contributed by atoms with van der Waals surface area (Å²) in [5, 5.41) is 4.58. The molecule has 28 heavy (non-hydrogen) atoms. The smallest absolute Gasteiger partial charge is 0.252 e. The van der Waals surface area contributed by atoms with Crippen molar-refractivity contribution in [1.29, 1.82) is 0 Å². The molecular formula is C23H27N3O2. The van der Waals surface area contributed by atoms with E-state index < -0.39 is 0 Å². The van der Waals surface area contributed by atoms with Gasteiger partial charge in [-0.1, -0.05) is 30.3 Å². The molecule has 2 N–H and O–H groups in total. The zero-order chi connectivity index (χ0) is 19.3. The number of nitrogens with zero attached hydrogens (tertiary/aromatic N) is 1. The van der Waals surface area contributed by atoms with Gasteiger partial charge in [0.05, 0.1) is 7.11 Å². The summed E-state index contributed by atoms with van der Waals surface area (Å²) in [6, 6.07) is 18.4. The van der Waals surface area contributed by atoms with Gasteiger partial charge in [-0.3, -0.25) is 9.69 Å². The minimum Gasteiger partial charge on any atom is -0.497 e. The average Bonchev–Trinajstić information content (AvgIpc) is 3.26. The van der Waals surface area contributed by atoms with Crippen LogP contribution in [0.15, 0.2) is 59.4 Å². The Bertz CT molecular complexity index is 992. The molecule has 0 radical (unpaired) electrons. The Hall–Kier alpha value is -2.63. The minimum atomic E-state index is -0.0229. The van der Waals surface area contributed by atoms with Gasteiger partial charge in [-0.05, 0) is 61.1 Å². The number of aromatic nitrogens is 1. The van der Waals surface area contributed by atoms with Crippen LogP contribution in [0.25, 0.3) is 10.9 Å². The first-order valence-corrected chi connectivity index (χ1v) is 9.94. The second-order valence-electron chi connectivity index (χ2n) is 7.38. The fourth-order valence-electron chi connectivity index (χ4n) is 4.03. The van der Waals surface area contributed by atoms with Crippen molar-refractivity contribution in [2.45, 2.75) is 25.4 Å². The highest BCUT2D eigenvalue weighted by molar-refractivity contribution is 5.78. The number of ether oxygens (including phenoxy) is 1. The van der Waals surface area contributed by atoms with Crippen molar-refractivity contribution >= 4 is 10.9 Å². The van der Waals surface area contributed by atoms with Gasteiger partial charge in [0.1, 0.15) is 5.75 Å². The van der Waals surface area contributed by atoms with Gasteiger partial charge in [0.2, 0.25) is 0 Å². The van der Waals surface area contributed by atoms with Gasteiger partial charge in [0.15, 0.2) is 0 Å². The highest BCUT2D eigenvalue weighted by atomic mass is 16.5. The molecule has 146 valence electrons. The first-order valence-electron chi connectivity index (χ1n) is 9.94. The van der Waals surface area contributed by atoms with Crippen molar-refractivity contribution in [2.75, 3.05) is 26.7 Å². The summed E-state index contributed by atoms with van der Waals surface area (Å²) < 4.78 is 5.41. The number of hydrogen-bond acceptors (Lipinski definition) is 4. The molecule has 1 aliphatic heterocycles. The normalized spacial score (nSPS) is 15.8. The number of para-hydroxylation sites is 1. The maximum atomic E-state index is 12.4. The van der Waals surface area contributed by atoms with E-state index in [1.54, 1.807) is 7.11 Å². The number of pyridine rings is 1. The lowest BCUT2D eigenvalue weighted by atomic mass is 10.0. The van der Waals surface area contributed by atoms with Gasteiger partial charge in [-0.2, -0.15) is 0 Å². The van der Waals surface area contributed by atoms with Gasteiger partial charge in [0.25, 0.3) is 5.56 Å². The molecule has 3 aromatic rings. The summed E-state index contributed by atoms with van der Waals surface area (Å²) in [4.78, 5) is 17.9. The molecule has 1 fully saturated rings. The van der Waals surface area contributed by atoms with Crippen LogP contribution in [0.3, 0.4) is 0 Å². The summed E-state index contributed by atoms with van der Waals surface area (Å²) >= 11 is 0. The summed E-state index contributed by atoms with van der Waals surface area (Å²) in [6.45, 7) is 3.56. The Labute approximate surface area is 165 Å². The number of hydrogen-bond donors (Lipinski definition) is 2. The van der Waals surface area contributed by atoms with Crippen LogP contribution in [-0.2, 0) is 6.54 Å². The molecule has 0 bridgehead atoms. The SMILES string of the molecule is COc1cccc(C(CNCc2cc3ccccc3[nH]c2=O)N2CCCC2)c1. The van der Waals surface area contributed by atoms with E-state index in [9.17, 15) is 4.79 Å². The highest BCUT2D eigenvalue weighted by Gasteiger charge is 2.23. The van der Waals surface area contributed by atoms with E-state index in [0.29, 0.717) is 6.54 Å². The Balaban J connectivity index is 1.50. The maximum Gasteiger partial charge on any atom is 0.252 e. The van der Waals surface area contributed by atoms with E-state index in [1.807, 2.05) is 42.5 Å². The van der Waals surface area contributed by atoms with Gasteiger partial charge < -0.3 is 15.0 Å². The first-order chi connectivity index (χ1) is 13.7.